The van der Waals surface area contributed by atoms with Gasteiger partial charge in [-0.05, 0) is 18.6 Å². The van der Waals surface area contributed by atoms with Crippen LogP contribution in [0.5, 0.6) is 5.75 Å². The number of carbonyl (C=O) groups is 2. The molecule has 1 heterocycles. The van der Waals surface area contributed by atoms with E-state index in [4.69, 9.17) is 27.9 Å². The fraction of sp³-hybridized carbons (Fsp3) is 0.385. The average molecular weight is 317 g/mol. The zero-order chi connectivity index (χ0) is 14.5. The number of hydrogen-bond donors (Lipinski definition) is 2. The fourth-order valence-corrected chi connectivity index (χ4v) is 2.13. The Morgan fingerprint density at radius 3 is 2.85 bits per heavy atom. The van der Waals surface area contributed by atoms with Gasteiger partial charge in [-0.1, -0.05) is 23.2 Å². The van der Waals surface area contributed by atoms with Crippen molar-refractivity contribution >= 4 is 35.0 Å². The summed E-state index contributed by atoms with van der Waals surface area (Å²) in [6.45, 7) is 0.347. The summed E-state index contributed by atoms with van der Waals surface area (Å²) in [4.78, 5) is 22.7. The Bertz CT molecular complexity index is 512. The van der Waals surface area contributed by atoms with Gasteiger partial charge in [0.1, 0.15) is 5.75 Å². The molecule has 1 aromatic rings. The first-order chi connectivity index (χ1) is 9.54. The van der Waals surface area contributed by atoms with Gasteiger partial charge in [0.2, 0.25) is 5.91 Å². The third-order valence-electron chi connectivity index (χ3n) is 2.89. The molecule has 1 fully saturated rings. The average Bonchev–Trinajstić information content (AvgIpc) is 2.43. The van der Waals surface area contributed by atoms with Gasteiger partial charge in [0.05, 0.1) is 10.0 Å². The summed E-state index contributed by atoms with van der Waals surface area (Å²) in [7, 11) is 0. The van der Waals surface area contributed by atoms with Crippen LogP contribution in [0.3, 0.4) is 0 Å². The molecule has 1 saturated heterocycles. The van der Waals surface area contributed by atoms with E-state index in [1.807, 2.05) is 0 Å². The Balaban J connectivity index is 1.77. The minimum atomic E-state index is -0.239. The molecule has 1 aliphatic rings. The van der Waals surface area contributed by atoms with E-state index in [1.54, 1.807) is 18.2 Å². The van der Waals surface area contributed by atoms with E-state index < -0.39 is 0 Å². The first-order valence-electron chi connectivity index (χ1n) is 6.18. The smallest absolute Gasteiger partial charge is 0.258 e. The molecule has 0 unspecified atom stereocenters. The van der Waals surface area contributed by atoms with Gasteiger partial charge in [-0.2, -0.15) is 0 Å². The van der Waals surface area contributed by atoms with Crippen molar-refractivity contribution < 1.29 is 14.3 Å². The monoisotopic (exact) mass is 316 g/mol. The minimum Gasteiger partial charge on any atom is -0.484 e. The van der Waals surface area contributed by atoms with E-state index in [0.717, 1.165) is 0 Å². The van der Waals surface area contributed by atoms with Gasteiger partial charge in [0.25, 0.3) is 5.91 Å². The molecule has 2 amide bonds. The molecule has 0 radical (unpaired) electrons. The largest absolute Gasteiger partial charge is 0.484 e. The number of amides is 2. The van der Waals surface area contributed by atoms with Crippen molar-refractivity contribution in [2.75, 3.05) is 13.2 Å². The molecule has 2 N–H and O–H groups in total. The zero-order valence-corrected chi connectivity index (χ0v) is 12.1. The Labute approximate surface area is 126 Å². The molecule has 2 rings (SSSR count). The molecule has 1 atom stereocenters. The Kier molecular flexibility index (Phi) is 5.09. The van der Waals surface area contributed by atoms with E-state index in [2.05, 4.69) is 10.6 Å². The number of benzene rings is 1. The summed E-state index contributed by atoms with van der Waals surface area (Å²) in [6.07, 6.45) is 1.07. The highest BCUT2D eigenvalue weighted by atomic mass is 35.5. The second-order valence-electron chi connectivity index (χ2n) is 4.47. The van der Waals surface area contributed by atoms with Crippen LogP contribution in [0.2, 0.25) is 10.0 Å². The molecule has 0 aliphatic carbocycles. The van der Waals surface area contributed by atoms with Gasteiger partial charge in [0, 0.05) is 25.1 Å². The van der Waals surface area contributed by atoms with Crippen LogP contribution in [0, 0.1) is 0 Å². The van der Waals surface area contributed by atoms with Gasteiger partial charge < -0.3 is 15.4 Å². The predicted molar refractivity (Wildman–Crippen MR) is 76.1 cm³/mol. The van der Waals surface area contributed by atoms with Crippen molar-refractivity contribution in [1.82, 2.24) is 10.6 Å². The molecule has 5 nitrogen and oxygen atoms in total. The Morgan fingerprint density at radius 1 is 1.40 bits per heavy atom. The molecule has 0 spiro atoms. The van der Waals surface area contributed by atoms with Crippen molar-refractivity contribution in [2.24, 2.45) is 0 Å². The number of ether oxygens (including phenoxy) is 1. The Hall–Kier alpha value is -1.46. The van der Waals surface area contributed by atoms with E-state index in [9.17, 15) is 9.59 Å². The quantitative estimate of drug-likeness (QED) is 0.889. The number of rotatable bonds is 4. The molecule has 7 heteroatoms. The van der Waals surface area contributed by atoms with Crippen molar-refractivity contribution in [2.45, 2.75) is 18.9 Å². The number of nitrogens with one attached hydrogen (secondary N) is 2. The summed E-state index contributed by atoms with van der Waals surface area (Å²) < 4.78 is 5.32. The van der Waals surface area contributed by atoms with E-state index >= 15 is 0 Å². The Morgan fingerprint density at radius 2 is 2.20 bits per heavy atom. The lowest BCUT2D eigenvalue weighted by atomic mass is 10.1. The van der Waals surface area contributed by atoms with Crippen LogP contribution in [0.25, 0.3) is 0 Å². The van der Waals surface area contributed by atoms with Gasteiger partial charge >= 0.3 is 0 Å². The lowest BCUT2D eigenvalue weighted by Crippen LogP contribution is -2.48. The first-order valence-corrected chi connectivity index (χ1v) is 6.94. The van der Waals surface area contributed by atoms with Crippen LogP contribution >= 0.6 is 23.2 Å². The number of halogens is 2. The van der Waals surface area contributed by atoms with Crippen LogP contribution in [-0.4, -0.2) is 31.0 Å². The maximum absolute atomic E-state index is 11.7. The highest BCUT2D eigenvalue weighted by Crippen LogP contribution is 2.26. The molecule has 0 aromatic heterocycles. The van der Waals surface area contributed by atoms with Crippen LogP contribution in [0.1, 0.15) is 12.8 Å². The maximum atomic E-state index is 11.7. The summed E-state index contributed by atoms with van der Waals surface area (Å²) in [5.41, 5.74) is 0. The molecule has 20 heavy (non-hydrogen) atoms. The first kappa shape index (κ1) is 14.9. The number of hydrogen-bond acceptors (Lipinski definition) is 3. The van der Waals surface area contributed by atoms with E-state index in [-0.39, 0.29) is 24.5 Å². The van der Waals surface area contributed by atoms with Gasteiger partial charge in [-0.15, -0.1) is 0 Å². The van der Waals surface area contributed by atoms with Crippen molar-refractivity contribution in [1.29, 1.82) is 0 Å². The van der Waals surface area contributed by atoms with E-state index in [1.165, 1.54) is 0 Å². The maximum Gasteiger partial charge on any atom is 0.258 e. The standard InChI is InChI=1S/C13H14Cl2N2O3/c14-10-3-2-9(5-11(10)15)20-7-13(19)17-8-1-4-12(18)16-6-8/h2-3,5,8H,1,4,6-7H2,(H,16,18)(H,17,19)/t8-/m0/s1. The van der Waals surface area contributed by atoms with Gasteiger partial charge in [0.15, 0.2) is 6.61 Å². The van der Waals surface area contributed by atoms with Gasteiger partial charge in [-0.3, -0.25) is 9.59 Å². The van der Waals surface area contributed by atoms with E-state index in [0.29, 0.717) is 35.2 Å². The third kappa shape index (κ3) is 4.28. The second kappa shape index (κ2) is 6.81. The van der Waals surface area contributed by atoms with Crippen LogP contribution < -0.4 is 15.4 Å². The third-order valence-corrected chi connectivity index (χ3v) is 3.63. The highest BCUT2D eigenvalue weighted by molar-refractivity contribution is 6.42. The van der Waals surface area contributed by atoms with Crippen molar-refractivity contribution in [3.8, 4) is 5.75 Å². The van der Waals surface area contributed by atoms with Crippen LogP contribution in [0.4, 0.5) is 0 Å². The normalized spacial score (nSPS) is 18.3. The summed E-state index contributed by atoms with van der Waals surface area (Å²) in [6, 6.07) is 4.76. The second-order valence-corrected chi connectivity index (χ2v) is 5.29. The zero-order valence-electron chi connectivity index (χ0n) is 10.6. The van der Waals surface area contributed by atoms with Crippen LogP contribution in [-0.2, 0) is 9.59 Å². The van der Waals surface area contributed by atoms with Crippen LogP contribution in [0.15, 0.2) is 18.2 Å². The molecule has 1 aromatic carbocycles. The summed E-state index contributed by atoms with van der Waals surface area (Å²) >= 11 is 11.6. The minimum absolute atomic E-state index is 0.0163. The molecule has 1 aliphatic heterocycles. The number of carbonyl (C=O) groups excluding carboxylic acids is 2. The molecular weight excluding hydrogens is 303 g/mol. The molecule has 108 valence electrons. The molecular formula is C13H14Cl2N2O3. The predicted octanol–water partition coefficient (Wildman–Crippen LogP) is 1.77. The number of piperidine rings is 1. The SMILES string of the molecule is O=C1CC[C@H](NC(=O)COc2ccc(Cl)c(Cl)c2)CN1. The summed E-state index contributed by atoms with van der Waals surface area (Å²) in [5, 5.41) is 6.30. The lowest BCUT2D eigenvalue weighted by molar-refractivity contribution is -0.126. The summed E-state index contributed by atoms with van der Waals surface area (Å²) in [5.74, 6) is 0.256. The fourth-order valence-electron chi connectivity index (χ4n) is 1.84. The van der Waals surface area contributed by atoms with Gasteiger partial charge in [-0.25, -0.2) is 0 Å². The van der Waals surface area contributed by atoms with Crippen molar-refractivity contribution in [3.05, 3.63) is 28.2 Å². The highest BCUT2D eigenvalue weighted by Gasteiger charge is 2.19. The molecule has 0 saturated carbocycles. The van der Waals surface area contributed by atoms with Crippen molar-refractivity contribution in [3.63, 3.8) is 0 Å². The lowest BCUT2D eigenvalue weighted by Gasteiger charge is -2.23. The molecule has 0 bridgehead atoms. The topological polar surface area (TPSA) is 67.4 Å².